The lowest BCUT2D eigenvalue weighted by Crippen LogP contribution is -2.37. The zero-order valence-electron chi connectivity index (χ0n) is 14.7. The Kier molecular flexibility index (Phi) is 6.41. The SMILES string of the molecule is Clc1c(Br)ccc2ncc(N3CCC3)nc12.Clc1cnc2ccc(Br)c(Cl)c2n1. The van der Waals surface area contributed by atoms with Crippen LogP contribution in [0.2, 0.25) is 15.2 Å². The van der Waals surface area contributed by atoms with Crippen molar-refractivity contribution in [2.75, 3.05) is 18.0 Å². The van der Waals surface area contributed by atoms with Crippen LogP contribution in [0.5, 0.6) is 0 Å². The number of hydrogen-bond donors (Lipinski definition) is 0. The molecule has 1 aliphatic rings. The van der Waals surface area contributed by atoms with Gasteiger partial charge in [0, 0.05) is 22.0 Å². The van der Waals surface area contributed by atoms with Crippen LogP contribution in [-0.4, -0.2) is 33.0 Å². The second-order valence-electron chi connectivity index (χ2n) is 6.22. The van der Waals surface area contributed by atoms with E-state index in [4.69, 9.17) is 34.8 Å². The van der Waals surface area contributed by atoms with Crippen LogP contribution in [0.3, 0.4) is 0 Å². The first-order chi connectivity index (χ1) is 13.9. The molecule has 1 aliphatic heterocycles. The van der Waals surface area contributed by atoms with Gasteiger partial charge in [-0.15, -0.1) is 0 Å². The predicted molar refractivity (Wildman–Crippen MR) is 126 cm³/mol. The van der Waals surface area contributed by atoms with E-state index in [1.165, 1.54) is 12.6 Å². The van der Waals surface area contributed by atoms with Crippen molar-refractivity contribution < 1.29 is 0 Å². The zero-order chi connectivity index (χ0) is 20.5. The van der Waals surface area contributed by atoms with E-state index >= 15 is 0 Å². The molecule has 0 radical (unpaired) electrons. The summed E-state index contributed by atoms with van der Waals surface area (Å²) in [5.74, 6) is 0.916. The molecule has 4 aromatic rings. The van der Waals surface area contributed by atoms with Gasteiger partial charge in [0.15, 0.2) is 0 Å². The summed E-state index contributed by atoms with van der Waals surface area (Å²) in [4.78, 5) is 19.3. The van der Waals surface area contributed by atoms with E-state index in [1.54, 1.807) is 0 Å². The number of hydrogen-bond acceptors (Lipinski definition) is 5. The van der Waals surface area contributed by atoms with Crippen LogP contribution in [0.4, 0.5) is 5.82 Å². The van der Waals surface area contributed by atoms with Gasteiger partial charge in [-0.2, -0.15) is 0 Å². The van der Waals surface area contributed by atoms with Crippen LogP contribution >= 0.6 is 66.7 Å². The van der Waals surface area contributed by atoms with E-state index in [-0.39, 0.29) is 0 Å². The zero-order valence-corrected chi connectivity index (χ0v) is 20.2. The summed E-state index contributed by atoms with van der Waals surface area (Å²) in [5.41, 5.74) is 2.94. The fourth-order valence-electron chi connectivity index (χ4n) is 2.71. The molecule has 148 valence electrons. The molecule has 0 bridgehead atoms. The standard InChI is InChI=1S/C11H9BrClN3.C8H3BrCl2N2/c12-7-2-3-8-11(10(7)13)15-9(6-14-8)16-4-1-5-16;9-4-1-2-5-8(7(4)11)13-6(10)3-12-5/h2-3,6H,1,4-5H2;1-3H. The van der Waals surface area contributed by atoms with E-state index in [0.717, 1.165) is 44.4 Å². The topological polar surface area (TPSA) is 54.8 Å². The minimum atomic E-state index is 0.340. The fraction of sp³-hybridized carbons (Fsp3) is 0.158. The van der Waals surface area contributed by atoms with Gasteiger partial charge in [0.25, 0.3) is 0 Å². The van der Waals surface area contributed by atoms with Crippen molar-refractivity contribution in [3.05, 3.63) is 60.8 Å². The van der Waals surface area contributed by atoms with Gasteiger partial charge in [0.2, 0.25) is 0 Å². The lowest BCUT2D eigenvalue weighted by Gasteiger charge is -2.31. The summed E-state index contributed by atoms with van der Waals surface area (Å²) in [5, 5.41) is 1.51. The molecule has 0 saturated carbocycles. The van der Waals surface area contributed by atoms with Gasteiger partial charge < -0.3 is 4.90 Å². The molecular weight excluding hydrogens is 564 g/mol. The Labute approximate surface area is 198 Å². The van der Waals surface area contributed by atoms with Crippen molar-refractivity contribution in [2.45, 2.75) is 6.42 Å². The second kappa shape index (κ2) is 8.86. The van der Waals surface area contributed by atoms with Crippen LogP contribution in [0.15, 0.2) is 45.6 Å². The highest BCUT2D eigenvalue weighted by molar-refractivity contribution is 9.10. The Morgan fingerprint density at radius 2 is 1.31 bits per heavy atom. The highest BCUT2D eigenvalue weighted by Gasteiger charge is 2.17. The Balaban J connectivity index is 0.000000145. The number of anilines is 1. The predicted octanol–water partition coefficient (Wildman–Crippen LogP) is 6.95. The van der Waals surface area contributed by atoms with Gasteiger partial charge in [-0.05, 0) is 62.5 Å². The number of nitrogens with zero attached hydrogens (tertiary/aromatic N) is 5. The maximum Gasteiger partial charge on any atom is 0.148 e. The van der Waals surface area contributed by atoms with Crippen molar-refractivity contribution in [1.29, 1.82) is 0 Å². The number of halogens is 5. The van der Waals surface area contributed by atoms with E-state index in [9.17, 15) is 0 Å². The number of fused-ring (bicyclic) bond motifs is 2. The van der Waals surface area contributed by atoms with Crippen molar-refractivity contribution in [3.63, 3.8) is 0 Å². The summed E-state index contributed by atoms with van der Waals surface area (Å²) in [6.45, 7) is 2.12. The molecule has 3 heterocycles. The molecule has 2 aromatic carbocycles. The molecule has 2 aromatic heterocycles. The summed E-state index contributed by atoms with van der Waals surface area (Å²) in [7, 11) is 0. The molecular formula is C19H12Br2Cl3N5. The van der Waals surface area contributed by atoms with E-state index in [2.05, 4.69) is 56.7 Å². The first kappa shape index (κ1) is 21.0. The molecule has 0 amide bonds. The van der Waals surface area contributed by atoms with Gasteiger partial charge in [0.05, 0.1) is 33.5 Å². The first-order valence-electron chi connectivity index (χ1n) is 8.56. The first-order valence-corrected chi connectivity index (χ1v) is 11.3. The van der Waals surface area contributed by atoms with Gasteiger partial charge in [-0.25, -0.2) is 9.97 Å². The number of aromatic nitrogens is 4. The van der Waals surface area contributed by atoms with E-state index < -0.39 is 0 Å². The second-order valence-corrected chi connectivity index (χ2v) is 9.07. The Bertz CT molecular complexity index is 1210. The van der Waals surface area contributed by atoms with Crippen molar-refractivity contribution in [3.8, 4) is 0 Å². The minimum absolute atomic E-state index is 0.340. The maximum atomic E-state index is 6.20. The van der Waals surface area contributed by atoms with E-state index in [1.807, 2.05) is 30.5 Å². The Morgan fingerprint density at radius 3 is 1.86 bits per heavy atom. The highest BCUT2D eigenvalue weighted by atomic mass is 79.9. The molecule has 10 heteroatoms. The van der Waals surface area contributed by atoms with Gasteiger partial charge in [-0.3, -0.25) is 9.97 Å². The smallest absolute Gasteiger partial charge is 0.148 e. The van der Waals surface area contributed by atoms with E-state index in [0.29, 0.717) is 20.7 Å². The van der Waals surface area contributed by atoms with Crippen LogP contribution < -0.4 is 4.90 Å². The number of benzene rings is 2. The quantitative estimate of drug-likeness (QED) is 0.245. The average molecular weight is 577 g/mol. The van der Waals surface area contributed by atoms with Crippen molar-refractivity contribution >= 4 is 94.5 Å². The number of rotatable bonds is 1. The molecule has 0 N–H and O–H groups in total. The van der Waals surface area contributed by atoms with Crippen LogP contribution in [0, 0.1) is 0 Å². The Morgan fingerprint density at radius 1 is 0.759 bits per heavy atom. The fourth-order valence-corrected chi connectivity index (χ4v) is 3.88. The van der Waals surface area contributed by atoms with Crippen LogP contribution in [-0.2, 0) is 0 Å². The monoisotopic (exact) mass is 573 g/mol. The summed E-state index contributed by atoms with van der Waals surface area (Å²) in [6.07, 6.45) is 4.53. The third-order valence-electron chi connectivity index (χ3n) is 4.35. The molecule has 0 spiro atoms. The lowest BCUT2D eigenvalue weighted by atomic mass is 10.2. The molecule has 1 saturated heterocycles. The largest absolute Gasteiger partial charge is 0.355 e. The molecule has 0 atom stereocenters. The molecule has 0 unspecified atom stereocenters. The third-order valence-corrected chi connectivity index (χ3v) is 7.08. The van der Waals surface area contributed by atoms with Crippen LogP contribution in [0.25, 0.3) is 22.1 Å². The molecule has 5 rings (SSSR count). The molecule has 29 heavy (non-hydrogen) atoms. The molecule has 0 aliphatic carbocycles. The maximum absolute atomic E-state index is 6.20. The van der Waals surface area contributed by atoms with Gasteiger partial charge in [0.1, 0.15) is 22.0 Å². The lowest BCUT2D eigenvalue weighted by molar-refractivity contribution is 0.609. The minimum Gasteiger partial charge on any atom is -0.355 e. The van der Waals surface area contributed by atoms with Gasteiger partial charge >= 0.3 is 0 Å². The normalized spacial score (nSPS) is 13.2. The molecule has 1 fully saturated rings. The van der Waals surface area contributed by atoms with Crippen molar-refractivity contribution in [1.82, 2.24) is 19.9 Å². The third kappa shape index (κ3) is 4.44. The summed E-state index contributed by atoms with van der Waals surface area (Å²) >= 11 is 24.6. The average Bonchev–Trinajstić information content (AvgIpc) is 2.68. The highest BCUT2D eigenvalue weighted by Crippen LogP contribution is 2.31. The summed E-state index contributed by atoms with van der Waals surface area (Å²) in [6, 6.07) is 7.46. The molecule has 5 nitrogen and oxygen atoms in total. The summed E-state index contributed by atoms with van der Waals surface area (Å²) < 4.78 is 1.65. The van der Waals surface area contributed by atoms with Crippen LogP contribution in [0.1, 0.15) is 6.42 Å². The van der Waals surface area contributed by atoms with Gasteiger partial charge in [-0.1, -0.05) is 34.8 Å². The Hall–Kier alpha value is -1.25. The van der Waals surface area contributed by atoms with Crippen molar-refractivity contribution in [2.24, 2.45) is 0 Å².